The van der Waals surface area contributed by atoms with Crippen molar-refractivity contribution >= 4 is 5.91 Å². The molecule has 0 saturated carbocycles. The van der Waals surface area contributed by atoms with Gasteiger partial charge >= 0.3 is 0 Å². The topological polar surface area (TPSA) is 105 Å². The van der Waals surface area contributed by atoms with Crippen molar-refractivity contribution < 1.29 is 33.2 Å². The molecule has 1 saturated heterocycles. The van der Waals surface area contributed by atoms with Crippen molar-refractivity contribution in [2.75, 3.05) is 55.7 Å². The minimum absolute atomic E-state index is 0.112. The number of amides is 1. The molecular formula is C37H44N4O7. The molecule has 48 heavy (non-hydrogen) atoms. The Morgan fingerprint density at radius 1 is 0.646 bits per heavy atom. The van der Waals surface area contributed by atoms with E-state index < -0.39 is 0 Å². The average molecular weight is 657 g/mol. The molecule has 0 spiro atoms. The Bertz CT molecular complexity index is 1690. The largest absolute Gasteiger partial charge is 0.493 e. The van der Waals surface area contributed by atoms with Gasteiger partial charge < -0.3 is 33.3 Å². The highest BCUT2D eigenvalue weighted by Gasteiger charge is 2.36. The van der Waals surface area contributed by atoms with Gasteiger partial charge in [0.05, 0.1) is 60.1 Å². The predicted octanol–water partition coefficient (Wildman–Crippen LogP) is 5.73. The van der Waals surface area contributed by atoms with Crippen molar-refractivity contribution in [3.63, 3.8) is 0 Å². The molecular weight excluding hydrogens is 612 g/mol. The average Bonchev–Trinajstić information content (AvgIpc) is 3.11. The molecule has 0 aliphatic carbocycles. The summed E-state index contributed by atoms with van der Waals surface area (Å²) in [4.78, 5) is 27.5. The number of nitrogens with zero attached hydrogens (tertiary/aromatic N) is 4. The van der Waals surface area contributed by atoms with Gasteiger partial charge in [-0.05, 0) is 65.6 Å². The molecule has 254 valence electrons. The molecule has 0 radical (unpaired) electrons. The number of carbonyl (C=O) groups excluding carboxylic acids is 1. The van der Waals surface area contributed by atoms with Gasteiger partial charge in [-0.25, -0.2) is 0 Å². The first kappa shape index (κ1) is 34.3. The van der Waals surface area contributed by atoms with E-state index in [0.29, 0.717) is 54.1 Å². The summed E-state index contributed by atoms with van der Waals surface area (Å²) in [6.07, 6.45) is 3.56. The van der Waals surface area contributed by atoms with Crippen molar-refractivity contribution in [2.24, 2.45) is 5.92 Å². The zero-order chi connectivity index (χ0) is 34.4. The summed E-state index contributed by atoms with van der Waals surface area (Å²) in [5.74, 6) is 3.50. The number of pyridine rings is 2. The van der Waals surface area contributed by atoms with Gasteiger partial charge in [-0.3, -0.25) is 19.7 Å². The van der Waals surface area contributed by atoms with Gasteiger partial charge in [0.25, 0.3) is 0 Å². The van der Waals surface area contributed by atoms with Crippen LogP contribution in [0.4, 0.5) is 0 Å². The maximum Gasteiger partial charge on any atom is 0.240 e. The molecule has 0 N–H and O–H groups in total. The van der Waals surface area contributed by atoms with Gasteiger partial charge in [-0.15, -0.1) is 0 Å². The van der Waals surface area contributed by atoms with E-state index in [-0.39, 0.29) is 17.9 Å². The number of rotatable bonds is 13. The molecule has 1 atom stereocenters. The number of carbonyl (C=O) groups is 1. The highest BCUT2D eigenvalue weighted by atomic mass is 16.5. The molecule has 11 nitrogen and oxygen atoms in total. The van der Waals surface area contributed by atoms with Crippen LogP contribution >= 0.6 is 0 Å². The fraction of sp³-hybridized carbons (Fsp3) is 0.378. The fourth-order valence-electron chi connectivity index (χ4n) is 6.26. The molecule has 1 aliphatic heterocycles. The second-order valence-electron chi connectivity index (χ2n) is 11.8. The van der Waals surface area contributed by atoms with E-state index >= 15 is 0 Å². The van der Waals surface area contributed by atoms with E-state index in [1.54, 1.807) is 55.1 Å². The molecule has 0 bridgehead atoms. The van der Waals surface area contributed by atoms with Crippen LogP contribution in [0.2, 0.25) is 0 Å². The zero-order valence-corrected chi connectivity index (χ0v) is 28.9. The number of aromatic nitrogens is 2. The summed E-state index contributed by atoms with van der Waals surface area (Å²) in [7, 11) is 9.52. The lowest BCUT2D eigenvalue weighted by atomic mass is 9.97. The van der Waals surface area contributed by atoms with E-state index in [2.05, 4.69) is 34.8 Å². The van der Waals surface area contributed by atoms with E-state index in [0.717, 1.165) is 40.2 Å². The lowest BCUT2D eigenvalue weighted by Gasteiger charge is -2.42. The fourth-order valence-corrected chi connectivity index (χ4v) is 6.26. The second kappa shape index (κ2) is 15.2. The predicted molar refractivity (Wildman–Crippen MR) is 183 cm³/mol. The van der Waals surface area contributed by atoms with Crippen LogP contribution in [0.1, 0.15) is 25.0 Å². The van der Waals surface area contributed by atoms with E-state index in [4.69, 9.17) is 28.4 Å². The number of piperazine rings is 1. The van der Waals surface area contributed by atoms with Gasteiger partial charge in [-0.1, -0.05) is 13.8 Å². The summed E-state index contributed by atoms with van der Waals surface area (Å²) < 4.78 is 33.1. The van der Waals surface area contributed by atoms with Crippen LogP contribution in [0, 0.1) is 5.92 Å². The molecule has 4 aromatic rings. The number of hydrogen-bond donors (Lipinski definition) is 0. The third kappa shape index (κ3) is 7.11. The minimum atomic E-state index is -0.270. The van der Waals surface area contributed by atoms with Crippen molar-refractivity contribution in [1.29, 1.82) is 0 Å². The number of benzene rings is 2. The van der Waals surface area contributed by atoms with Crippen molar-refractivity contribution in [2.45, 2.75) is 33.0 Å². The summed E-state index contributed by atoms with van der Waals surface area (Å²) >= 11 is 0. The summed E-state index contributed by atoms with van der Waals surface area (Å²) in [5.41, 5.74) is 5.24. The molecule has 1 amide bonds. The minimum Gasteiger partial charge on any atom is -0.493 e. The van der Waals surface area contributed by atoms with Gasteiger partial charge in [0, 0.05) is 49.7 Å². The summed E-state index contributed by atoms with van der Waals surface area (Å²) in [6.45, 7) is 6.64. The second-order valence-corrected chi connectivity index (χ2v) is 11.8. The van der Waals surface area contributed by atoms with Crippen LogP contribution in [0.15, 0.2) is 60.9 Å². The maximum absolute atomic E-state index is 14.0. The Morgan fingerprint density at radius 2 is 1.08 bits per heavy atom. The Morgan fingerprint density at radius 3 is 1.48 bits per heavy atom. The van der Waals surface area contributed by atoms with Crippen LogP contribution < -0.4 is 28.4 Å². The molecule has 1 unspecified atom stereocenters. The van der Waals surface area contributed by atoms with E-state index in [1.807, 2.05) is 47.4 Å². The Hall–Kier alpha value is -5.03. The van der Waals surface area contributed by atoms with Gasteiger partial charge in [0.2, 0.25) is 17.4 Å². The van der Waals surface area contributed by atoms with Crippen LogP contribution in [0.3, 0.4) is 0 Å². The quantitative estimate of drug-likeness (QED) is 0.177. The van der Waals surface area contributed by atoms with E-state index in [1.165, 1.54) is 0 Å². The zero-order valence-electron chi connectivity index (χ0n) is 28.9. The van der Waals surface area contributed by atoms with Crippen LogP contribution in [0.25, 0.3) is 22.5 Å². The van der Waals surface area contributed by atoms with Crippen LogP contribution in [-0.2, 0) is 17.9 Å². The molecule has 2 aromatic heterocycles. The van der Waals surface area contributed by atoms with Gasteiger partial charge in [-0.2, -0.15) is 0 Å². The van der Waals surface area contributed by atoms with Crippen LogP contribution in [0.5, 0.6) is 34.5 Å². The number of methoxy groups -OCH3 is 6. The highest BCUT2D eigenvalue weighted by Crippen LogP contribution is 2.42. The Kier molecular flexibility index (Phi) is 10.9. The van der Waals surface area contributed by atoms with Crippen molar-refractivity contribution in [3.05, 3.63) is 72.1 Å². The smallest absolute Gasteiger partial charge is 0.240 e. The SMILES string of the molecule is COc1cc(-c2cc(CN3CCN(Cc4ccnc(-c5cc(OC)c(OC)c(OC)c5)c4)C(C(C)C)C3=O)ccn2)cc(OC)c1OC. The van der Waals surface area contributed by atoms with Gasteiger partial charge in [0.15, 0.2) is 23.0 Å². The molecule has 3 heterocycles. The lowest BCUT2D eigenvalue weighted by molar-refractivity contribution is -0.145. The number of ether oxygens (including phenoxy) is 6. The Labute approximate surface area is 282 Å². The summed E-state index contributed by atoms with van der Waals surface area (Å²) in [5, 5.41) is 0. The Balaban J connectivity index is 1.34. The molecule has 2 aromatic carbocycles. The first-order valence-corrected chi connectivity index (χ1v) is 15.8. The van der Waals surface area contributed by atoms with Crippen LogP contribution in [-0.4, -0.2) is 87.5 Å². The number of hydrogen-bond acceptors (Lipinski definition) is 10. The molecule has 5 rings (SSSR count). The summed E-state index contributed by atoms with van der Waals surface area (Å²) in [6, 6.07) is 15.3. The lowest BCUT2D eigenvalue weighted by Crippen LogP contribution is -2.58. The van der Waals surface area contributed by atoms with Crippen molar-refractivity contribution in [1.82, 2.24) is 19.8 Å². The molecule has 1 fully saturated rings. The normalized spacial score (nSPS) is 15.0. The van der Waals surface area contributed by atoms with E-state index in [9.17, 15) is 4.79 Å². The first-order valence-electron chi connectivity index (χ1n) is 15.8. The molecule has 1 aliphatic rings. The van der Waals surface area contributed by atoms with Gasteiger partial charge in [0.1, 0.15) is 0 Å². The highest BCUT2D eigenvalue weighted by molar-refractivity contribution is 5.83. The van der Waals surface area contributed by atoms with Crippen molar-refractivity contribution in [3.8, 4) is 57.0 Å². The maximum atomic E-state index is 14.0. The monoisotopic (exact) mass is 656 g/mol. The third-order valence-corrected chi connectivity index (χ3v) is 8.58. The standard InChI is InChI=1S/C37H44N4O7/c1-23(2)34-37(42)41(22-25-10-12-39-29(16-25)27-19-32(45-5)36(48-8)33(20-27)46-6)14-13-40(34)21-24-9-11-38-28(15-24)26-17-30(43-3)35(47-7)31(18-26)44-4/h9-12,15-20,23,34H,13-14,21-22H2,1-8H3. The molecule has 11 heteroatoms. The first-order chi connectivity index (χ1) is 23.2. The third-order valence-electron chi connectivity index (χ3n) is 8.58.